The summed E-state index contributed by atoms with van der Waals surface area (Å²) in [5, 5.41) is 6.81. The highest BCUT2D eigenvalue weighted by Crippen LogP contribution is 2.22. The highest BCUT2D eigenvalue weighted by atomic mass is 35.5. The second-order valence-electron chi connectivity index (χ2n) is 6.10. The number of benzene rings is 1. The van der Waals surface area contributed by atoms with Crippen LogP contribution in [0.25, 0.3) is 0 Å². The van der Waals surface area contributed by atoms with E-state index in [4.69, 9.17) is 20.9 Å². The van der Waals surface area contributed by atoms with Crippen LogP contribution in [-0.4, -0.2) is 41.1 Å². The number of aryl methyl sites for hydroxylation is 1. The van der Waals surface area contributed by atoms with E-state index in [1.54, 1.807) is 51.1 Å². The van der Waals surface area contributed by atoms with Crippen LogP contribution in [-0.2, 0) is 9.59 Å². The molecule has 0 atom stereocenters. The molecule has 1 aromatic carbocycles. The van der Waals surface area contributed by atoms with Gasteiger partial charge in [0.25, 0.3) is 5.91 Å². The van der Waals surface area contributed by atoms with E-state index in [0.29, 0.717) is 22.4 Å². The minimum atomic E-state index is -1.15. The summed E-state index contributed by atoms with van der Waals surface area (Å²) in [6.45, 7) is 4.85. The summed E-state index contributed by atoms with van der Waals surface area (Å²) >= 11 is 5.83. The summed E-state index contributed by atoms with van der Waals surface area (Å²) in [7, 11) is 1.53. The predicted octanol–water partition coefficient (Wildman–Crippen LogP) is 2.89. The molecule has 134 valence electrons. The smallest absolute Gasteiger partial charge is 0.266 e. The number of carbonyl (C=O) groups excluding carboxylic acids is 2. The minimum Gasteiger partial charge on any atom is -0.478 e. The number of nitrogens with zero attached hydrogens (tertiary/aromatic N) is 2. The first-order chi connectivity index (χ1) is 11.7. The van der Waals surface area contributed by atoms with Gasteiger partial charge in [0.1, 0.15) is 11.5 Å². The van der Waals surface area contributed by atoms with Gasteiger partial charge in [0, 0.05) is 18.1 Å². The molecule has 0 bridgehead atoms. The third-order valence-corrected chi connectivity index (χ3v) is 3.58. The number of halogens is 1. The quantitative estimate of drug-likeness (QED) is 0.850. The number of nitrogens with one attached hydrogen (secondary N) is 1. The lowest BCUT2D eigenvalue weighted by molar-refractivity contribution is -0.145. The Balaban J connectivity index is 1.94. The fourth-order valence-corrected chi connectivity index (χ4v) is 2.32. The van der Waals surface area contributed by atoms with Crippen molar-refractivity contribution >= 4 is 29.2 Å². The zero-order chi connectivity index (χ0) is 18.6. The lowest BCUT2D eigenvalue weighted by Gasteiger charge is -2.29. The number of hydrogen-bond acceptors (Lipinski definition) is 5. The van der Waals surface area contributed by atoms with Gasteiger partial charge in [0.2, 0.25) is 5.91 Å². The summed E-state index contributed by atoms with van der Waals surface area (Å²) in [4.78, 5) is 25.9. The van der Waals surface area contributed by atoms with E-state index >= 15 is 0 Å². The van der Waals surface area contributed by atoms with Gasteiger partial charge in [-0.15, -0.1) is 0 Å². The van der Waals surface area contributed by atoms with Crippen molar-refractivity contribution < 1.29 is 18.8 Å². The molecule has 0 saturated carbocycles. The lowest BCUT2D eigenvalue weighted by atomic mass is 10.1. The van der Waals surface area contributed by atoms with Crippen molar-refractivity contribution in [1.82, 2.24) is 10.1 Å². The van der Waals surface area contributed by atoms with Crippen LogP contribution in [0.15, 0.2) is 34.9 Å². The van der Waals surface area contributed by atoms with Crippen LogP contribution < -0.4 is 10.1 Å². The van der Waals surface area contributed by atoms with Crippen molar-refractivity contribution in [2.24, 2.45) is 0 Å². The normalized spacial score (nSPS) is 11.1. The molecule has 25 heavy (non-hydrogen) atoms. The number of rotatable bonds is 6. The maximum atomic E-state index is 12.6. The molecule has 0 saturated heterocycles. The maximum Gasteiger partial charge on any atom is 0.266 e. The van der Waals surface area contributed by atoms with Crippen LogP contribution in [0.4, 0.5) is 5.82 Å². The second kappa shape index (κ2) is 7.57. The van der Waals surface area contributed by atoms with Gasteiger partial charge in [0.15, 0.2) is 11.4 Å². The van der Waals surface area contributed by atoms with Gasteiger partial charge in [-0.25, -0.2) is 0 Å². The summed E-state index contributed by atoms with van der Waals surface area (Å²) in [5.41, 5.74) is -1.15. The molecule has 1 N–H and O–H groups in total. The molecule has 0 aliphatic heterocycles. The van der Waals surface area contributed by atoms with Gasteiger partial charge >= 0.3 is 0 Å². The van der Waals surface area contributed by atoms with Crippen molar-refractivity contribution in [3.8, 4) is 5.75 Å². The van der Waals surface area contributed by atoms with Gasteiger partial charge in [-0.05, 0) is 45.0 Å². The van der Waals surface area contributed by atoms with Crippen molar-refractivity contribution in [3.05, 3.63) is 41.1 Å². The molecule has 0 aliphatic carbocycles. The largest absolute Gasteiger partial charge is 0.478 e. The number of aromatic nitrogens is 1. The van der Waals surface area contributed by atoms with Crippen LogP contribution in [0.1, 0.15) is 19.6 Å². The second-order valence-corrected chi connectivity index (χ2v) is 6.53. The SMILES string of the molecule is Cc1cc(NC(=O)CN(C)C(=O)C(C)(C)Oc2ccc(Cl)cc2)no1. The number of hydrogen-bond donors (Lipinski definition) is 1. The van der Waals surface area contributed by atoms with Crippen molar-refractivity contribution in [2.75, 3.05) is 18.9 Å². The molecule has 7 nitrogen and oxygen atoms in total. The van der Waals surface area contributed by atoms with E-state index in [1.807, 2.05) is 0 Å². The molecule has 1 heterocycles. The molecule has 2 aromatic rings. The molecule has 0 radical (unpaired) electrons. The fraction of sp³-hybridized carbons (Fsp3) is 0.353. The lowest BCUT2D eigenvalue weighted by Crippen LogP contribution is -2.49. The van der Waals surface area contributed by atoms with E-state index in [-0.39, 0.29) is 18.4 Å². The van der Waals surface area contributed by atoms with Crippen LogP contribution in [0.3, 0.4) is 0 Å². The van der Waals surface area contributed by atoms with Crippen LogP contribution >= 0.6 is 11.6 Å². The third-order valence-electron chi connectivity index (χ3n) is 3.32. The highest BCUT2D eigenvalue weighted by molar-refractivity contribution is 6.30. The van der Waals surface area contributed by atoms with Crippen LogP contribution in [0, 0.1) is 6.92 Å². The van der Waals surface area contributed by atoms with E-state index in [9.17, 15) is 9.59 Å². The molecule has 8 heteroatoms. The third kappa shape index (κ3) is 5.22. The van der Waals surface area contributed by atoms with E-state index in [1.165, 1.54) is 11.9 Å². The molecule has 0 spiro atoms. The highest BCUT2D eigenvalue weighted by Gasteiger charge is 2.33. The molecular weight excluding hydrogens is 346 g/mol. The summed E-state index contributed by atoms with van der Waals surface area (Å²) in [6.07, 6.45) is 0. The van der Waals surface area contributed by atoms with E-state index in [0.717, 1.165) is 0 Å². The number of anilines is 1. The number of carbonyl (C=O) groups is 2. The monoisotopic (exact) mass is 365 g/mol. The number of amides is 2. The molecule has 2 rings (SSSR count). The Kier molecular flexibility index (Phi) is 5.69. The average molecular weight is 366 g/mol. The van der Waals surface area contributed by atoms with Crippen molar-refractivity contribution in [1.29, 1.82) is 0 Å². The fourth-order valence-electron chi connectivity index (χ4n) is 2.20. The Hall–Kier alpha value is -2.54. The first-order valence-electron chi connectivity index (χ1n) is 7.61. The molecule has 0 unspecified atom stereocenters. The van der Waals surface area contributed by atoms with Gasteiger partial charge in [-0.1, -0.05) is 16.8 Å². The minimum absolute atomic E-state index is 0.141. The zero-order valence-corrected chi connectivity index (χ0v) is 15.3. The maximum absolute atomic E-state index is 12.6. The summed E-state index contributed by atoms with van der Waals surface area (Å²) in [6, 6.07) is 8.30. The number of ether oxygens (including phenoxy) is 1. The van der Waals surface area contributed by atoms with Crippen LogP contribution in [0.2, 0.25) is 5.02 Å². The Morgan fingerprint density at radius 1 is 1.32 bits per heavy atom. The molecule has 1 aromatic heterocycles. The summed E-state index contributed by atoms with van der Waals surface area (Å²) in [5.74, 6) is 0.677. The topological polar surface area (TPSA) is 84.7 Å². The Labute approximate surface area is 150 Å². The Morgan fingerprint density at radius 2 is 1.96 bits per heavy atom. The standard InChI is InChI=1S/C17H20ClN3O4/c1-11-9-14(20-25-11)19-15(22)10-21(4)16(23)17(2,3)24-13-7-5-12(18)6-8-13/h5-9H,10H2,1-4H3,(H,19,20,22). The molecule has 0 aliphatic rings. The first kappa shape index (κ1) is 18.8. The Morgan fingerprint density at radius 3 is 2.52 bits per heavy atom. The summed E-state index contributed by atoms with van der Waals surface area (Å²) < 4.78 is 10.6. The average Bonchev–Trinajstić information content (AvgIpc) is 2.93. The van der Waals surface area contributed by atoms with Crippen molar-refractivity contribution in [2.45, 2.75) is 26.4 Å². The van der Waals surface area contributed by atoms with Crippen molar-refractivity contribution in [3.63, 3.8) is 0 Å². The van der Waals surface area contributed by atoms with Gasteiger partial charge in [-0.3, -0.25) is 9.59 Å². The van der Waals surface area contributed by atoms with Gasteiger partial charge in [0.05, 0.1) is 6.54 Å². The van der Waals surface area contributed by atoms with Gasteiger partial charge < -0.3 is 19.5 Å². The molecule has 2 amide bonds. The molecule has 0 fully saturated rings. The van der Waals surface area contributed by atoms with E-state index in [2.05, 4.69) is 10.5 Å². The molecular formula is C17H20ClN3O4. The predicted molar refractivity (Wildman–Crippen MR) is 93.7 cm³/mol. The van der Waals surface area contributed by atoms with Crippen LogP contribution in [0.5, 0.6) is 5.75 Å². The van der Waals surface area contributed by atoms with E-state index < -0.39 is 5.60 Å². The zero-order valence-electron chi connectivity index (χ0n) is 14.5. The van der Waals surface area contributed by atoms with Gasteiger partial charge in [-0.2, -0.15) is 0 Å². The first-order valence-corrected chi connectivity index (χ1v) is 7.98. The number of likely N-dealkylation sites (N-methyl/N-ethyl adjacent to an activating group) is 1. The Bertz CT molecular complexity index is 756.